The number of pyridine rings is 1. The van der Waals surface area contributed by atoms with Gasteiger partial charge in [0.2, 0.25) is 0 Å². The van der Waals surface area contributed by atoms with Gasteiger partial charge in [-0.2, -0.15) is 0 Å². The fraction of sp³-hybridized carbons (Fsp3) is 0.364. The predicted octanol–water partition coefficient (Wildman–Crippen LogP) is 5.73. The van der Waals surface area contributed by atoms with Crippen LogP contribution in [-0.4, -0.2) is 43.5 Å². The third-order valence-electron chi connectivity index (χ3n) is 4.45. The molecule has 0 fully saturated rings. The van der Waals surface area contributed by atoms with Crippen molar-refractivity contribution in [1.82, 2.24) is 9.88 Å². The van der Waals surface area contributed by atoms with Crippen molar-refractivity contribution in [2.75, 3.05) is 32.5 Å². The molecule has 0 radical (unpaired) electrons. The maximum atomic E-state index is 6.19. The minimum Gasteiger partial charge on any atom is -0.377 e. The van der Waals surface area contributed by atoms with Crippen LogP contribution in [0.5, 0.6) is 0 Å². The van der Waals surface area contributed by atoms with Gasteiger partial charge in [0.25, 0.3) is 0 Å². The van der Waals surface area contributed by atoms with Crippen LogP contribution in [0.4, 0.5) is 5.69 Å². The number of hydrogen-bond acceptors (Lipinski definition) is 5. The SMILES string of the molecule is C=C(c1ncc(Cl)cc1NSc1ccc(C(C)(C)C)cc1)N(C)C(COC)=NC. The summed E-state index contributed by atoms with van der Waals surface area (Å²) < 4.78 is 8.58. The Morgan fingerprint density at radius 3 is 2.52 bits per heavy atom. The van der Waals surface area contributed by atoms with Crippen LogP contribution in [0.1, 0.15) is 32.0 Å². The number of aliphatic imine (C=N–C) groups is 1. The quantitative estimate of drug-likeness (QED) is 0.344. The lowest BCUT2D eigenvalue weighted by molar-refractivity contribution is 0.238. The van der Waals surface area contributed by atoms with E-state index in [0.717, 1.165) is 16.4 Å². The zero-order valence-corrected chi connectivity index (χ0v) is 19.5. The van der Waals surface area contributed by atoms with Crippen molar-refractivity contribution in [2.24, 2.45) is 4.99 Å². The summed E-state index contributed by atoms with van der Waals surface area (Å²) in [7, 11) is 5.25. The molecule has 1 aromatic carbocycles. The molecule has 0 aliphatic carbocycles. The first-order chi connectivity index (χ1) is 13.7. The first-order valence-corrected chi connectivity index (χ1v) is 10.4. The van der Waals surface area contributed by atoms with Crippen LogP contribution in [0.3, 0.4) is 0 Å². The number of nitrogens with one attached hydrogen (secondary N) is 1. The fourth-order valence-corrected chi connectivity index (χ4v) is 3.45. The summed E-state index contributed by atoms with van der Waals surface area (Å²) in [6.07, 6.45) is 1.61. The summed E-state index contributed by atoms with van der Waals surface area (Å²) in [5, 5.41) is 0.552. The highest BCUT2D eigenvalue weighted by Gasteiger charge is 2.17. The van der Waals surface area contributed by atoms with E-state index in [9.17, 15) is 0 Å². The number of likely N-dealkylation sites (N-methyl/N-ethyl adjacent to an activating group) is 1. The van der Waals surface area contributed by atoms with Crippen LogP contribution in [-0.2, 0) is 10.2 Å². The second-order valence-corrected chi connectivity index (χ2v) is 8.92. The highest BCUT2D eigenvalue weighted by molar-refractivity contribution is 8.00. The standard InChI is InChI=1S/C22H29ClN4OS/c1-15(27(6)20(24-5)14-28-7)21-19(12-17(23)13-25-21)26-29-18-10-8-16(9-11-18)22(2,3)4/h8-13,26H,1,14H2,2-7H3. The zero-order valence-electron chi connectivity index (χ0n) is 17.9. The molecule has 156 valence electrons. The molecule has 1 heterocycles. The van der Waals surface area contributed by atoms with Gasteiger partial charge in [-0.1, -0.05) is 51.1 Å². The molecule has 0 saturated carbocycles. The average Bonchev–Trinajstić information content (AvgIpc) is 2.69. The summed E-state index contributed by atoms with van der Waals surface area (Å²) in [4.78, 5) is 11.7. The first-order valence-electron chi connectivity index (χ1n) is 9.24. The van der Waals surface area contributed by atoms with Crippen molar-refractivity contribution < 1.29 is 4.74 Å². The van der Waals surface area contributed by atoms with Gasteiger partial charge in [-0.15, -0.1) is 0 Å². The molecule has 0 amide bonds. The molecule has 1 N–H and O–H groups in total. The van der Waals surface area contributed by atoms with Crippen molar-refractivity contribution in [3.63, 3.8) is 0 Å². The van der Waals surface area contributed by atoms with Crippen LogP contribution >= 0.6 is 23.5 Å². The molecule has 0 atom stereocenters. The Balaban J connectivity index is 2.21. The highest BCUT2D eigenvalue weighted by atomic mass is 35.5. The van der Waals surface area contributed by atoms with Gasteiger partial charge in [0, 0.05) is 32.3 Å². The molecule has 0 spiro atoms. The Morgan fingerprint density at radius 2 is 1.97 bits per heavy atom. The smallest absolute Gasteiger partial charge is 0.129 e. The van der Waals surface area contributed by atoms with E-state index in [1.807, 2.05) is 18.0 Å². The molecule has 0 aliphatic heterocycles. The first kappa shape index (κ1) is 23.3. The highest BCUT2D eigenvalue weighted by Crippen LogP contribution is 2.31. The lowest BCUT2D eigenvalue weighted by Gasteiger charge is -2.24. The van der Waals surface area contributed by atoms with E-state index < -0.39 is 0 Å². The topological polar surface area (TPSA) is 49.8 Å². The Morgan fingerprint density at radius 1 is 1.31 bits per heavy atom. The third kappa shape index (κ3) is 6.23. The number of amidine groups is 1. The fourth-order valence-electron chi connectivity index (χ4n) is 2.64. The minimum absolute atomic E-state index is 0.129. The van der Waals surface area contributed by atoms with Gasteiger partial charge >= 0.3 is 0 Å². The van der Waals surface area contributed by atoms with E-state index in [-0.39, 0.29) is 5.41 Å². The summed E-state index contributed by atoms with van der Waals surface area (Å²) >= 11 is 7.70. The van der Waals surface area contributed by atoms with E-state index in [1.54, 1.807) is 20.4 Å². The van der Waals surface area contributed by atoms with Gasteiger partial charge in [0.15, 0.2) is 0 Å². The maximum Gasteiger partial charge on any atom is 0.129 e. The van der Waals surface area contributed by atoms with E-state index in [1.165, 1.54) is 17.5 Å². The van der Waals surface area contributed by atoms with Crippen molar-refractivity contribution in [2.45, 2.75) is 31.1 Å². The molecule has 7 heteroatoms. The second-order valence-electron chi connectivity index (χ2n) is 7.61. The monoisotopic (exact) mass is 432 g/mol. The molecule has 0 bridgehead atoms. The number of nitrogens with zero attached hydrogens (tertiary/aromatic N) is 3. The van der Waals surface area contributed by atoms with Crippen molar-refractivity contribution >= 4 is 40.8 Å². The van der Waals surface area contributed by atoms with Crippen LogP contribution in [0.15, 0.2) is 53.0 Å². The summed E-state index contributed by atoms with van der Waals surface area (Å²) in [5.74, 6) is 0.755. The van der Waals surface area contributed by atoms with Gasteiger partial charge in [0.05, 0.1) is 16.4 Å². The van der Waals surface area contributed by atoms with E-state index >= 15 is 0 Å². The number of hydrogen-bond donors (Lipinski definition) is 1. The Labute approximate surface area is 183 Å². The van der Waals surface area contributed by atoms with Gasteiger partial charge in [0.1, 0.15) is 18.1 Å². The molecule has 2 rings (SSSR count). The average molecular weight is 433 g/mol. The van der Waals surface area contributed by atoms with E-state index in [0.29, 0.717) is 23.0 Å². The predicted molar refractivity (Wildman–Crippen MR) is 126 cm³/mol. The second kappa shape index (κ2) is 10.1. The molecule has 29 heavy (non-hydrogen) atoms. The number of rotatable bonds is 7. The lowest BCUT2D eigenvalue weighted by atomic mass is 9.87. The zero-order chi connectivity index (χ0) is 21.6. The molecule has 5 nitrogen and oxygen atoms in total. The Hall–Kier alpha value is -2.02. The van der Waals surface area contributed by atoms with Gasteiger partial charge in [-0.05, 0) is 41.1 Å². The van der Waals surface area contributed by atoms with Crippen LogP contribution in [0.2, 0.25) is 5.02 Å². The number of anilines is 1. The lowest BCUT2D eigenvalue weighted by Crippen LogP contribution is -2.29. The van der Waals surface area contributed by atoms with Crippen LogP contribution < -0.4 is 4.72 Å². The number of aromatic nitrogens is 1. The number of halogens is 1. The van der Waals surface area contributed by atoms with Gasteiger partial charge in [-0.25, -0.2) is 0 Å². The maximum absolute atomic E-state index is 6.19. The Kier molecular flexibility index (Phi) is 8.14. The molecular weight excluding hydrogens is 404 g/mol. The molecular formula is C22H29ClN4OS. The van der Waals surface area contributed by atoms with E-state index in [2.05, 4.69) is 66.3 Å². The largest absolute Gasteiger partial charge is 0.377 e. The van der Waals surface area contributed by atoms with Crippen LogP contribution in [0.25, 0.3) is 5.70 Å². The van der Waals surface area contributed by atoms with Crippen molar-refractivity contribution in [3.8, 4) is 0 Å². The van der Waals surface area contributed by atoms with Crippen molar-refractivity contribution in [3.05, 3.63) is 59.4 Å². The minimum atomic E-state index is 0.129. The summed E-state index contributed by atoms with van der Waals surface area (Å²) in [6.45, 7) is 11.2. The number of benzene rings is 1. The molecule has 0 unspecified atom stereocenters. The third-order valence-corrected chi connectivity index (χ3v) is 5.49. The summed E-state index contributed by atoms with van der Waals surface area (Å²) in [5.41, 5.74) is 3.61. The number of ether oxygens (including phenoxy) is 1. The molecule has 0 saturated heterocycles. The van der Waals surface area contributed by atoms with Gasteiger partial charge < -0.3 is 14.4 Å². The molecule has 2 aromatic rings. The van der Waals surface area contributed by atoms with E-state index in [4.69, 9.17) is 16.3 Å². The van der Waals surface area contributed by atoms with Crippen LogP contribution in [0, 0.1) is 0 Å². The molecule has 1 aromatic heterocycles. The Bertz CT molecular complexity index is 875. The van der Waals surface area contributed by atoms with Gasteiger partial charge in [-0.3, -0.25) is 9.98 Å². The summed E-state index contributed by atoms with van der Waals surface area (Å²) in [6, 6.07) is 10.4. The number of methoxy groups -OCH3 is 1. The van der Waals surface area contributed by atoms with Crippen molar-refractivity contribution in [1.29, 1.82) is 0 Å². The normalized spacial score (nSPS) is 12.0. The molecule has 0 aliphatic rings.